The Labute approximate surface area is 105 Å². The van der Waals surface area contributed by atoms with Gasteiger partial charge in [0.05, 0.1) is 0 Å². The zero-order valence-corrected chi connectivity index (χ0v) is 11.3. The average molecular weight is 235 g/mol. The van der Waals surface area contributed by atoms with Crippen LogP contribution in [-0.4, -0.2) is 29.5 Å². The van der Waals surface area contributed by atoms with Gasteiger partial charge in [0.25, 0.3) is 0 Å². The monoisotopic (exact) mass is 235 g/mol. The van der Waals surface area contributed by atoms with Gasteiger partial charge in [-0.25, -0.2) is 0 Å². The molecule has 0 aromatic carbocycles. The predicted octanol–water partition coefficient (Wildman–Crippen LogP) is 2.13. The van der Waals surface area contributed by atoms with Gasteiger partial charge in [-0.05, 0) is 42.6 Å². The number of rotatable bonds is 7. The van der Waals surface area contributed by atoms with Crippen molar-refractivity contribution in [3.63, 3.8) is 0 Å². The third kappa shape index (κ3) is 4.84. The van der Waals surface area contributed by atoms with Gasteiger partial charge in [0.1, 0.15) is 0 Å². The maximum atomic E-state index is 5.83. The maximum absolute atomic E-state index is 5.83. The second kappa shape index (κ2) is 7.41. The lowest BCUT2D eigenvalue weighted by atomic mass is 9.95. The maximum Gasteiger partial charge on any atom is 0.0271 e. The fourth-order valence-electron chi connectivity index (χ4n) is 1.94. The van der Waals surface area contributed by atoms with Crippen molar-refractivity contribution in [3.05, 3.63) is 30.1 Å². The minimum atomic E-state index is 0.580. The molecule has 1 atom stereocenters. The second-order valence-electron chi connectivity index (χ2n) is 4.92. The van der Waals surface area contributed by atoms with Gasteiger partial charge in [0.15, 0.2) is 0 Å². The molecular formula is C14H25N3. The zero-order chi connectivity index (χ0) is 12.7. The molecule has 1 aromatic rings. The molecule has 0 aliphatic carbocycles. The van der Waals surface area contributed by atoms with Gasteiger partial charge in [-0.1, -0.05) is 20.8 Å². The van der Waals surface area contributed by atoms with Crippen LogP contribution in [-0.2, 0) is 6.54 Å². The third-order valence-electron chi connectivity index (χ3n) is 3.34. The summed E-state index contributed by atoms with van der Waals surface area (Å²) in [6.07, 6.45) is 3.71. The number of hydrogen-bond acceptors (Lipinski definition) is 3. The van der Waals surface area contributed by atoms with Crippen molar-refractivity contribution >= 4 is 0 Å². The standard InChI is InChI=1S/C14H25N3/c1-4-17(11-14(9-15)12(2)3)10-13-5-7-16-8-6-13/h5-8,12,14H,4,9-11,15H2,1-3H3. The van der Waals surface area contributed by atoms with Crippen LogP contribution in [0.3, 0.4) is 0 Å². The van der Waals surface area contributed by atoms with E-state index >= 15 is 0 Å². The SMILES string of the molecule is CCN(Cc1ccncc1)CC(CN)C(C)C. The first-order valence-corrected chi connectivity index (χ1v) is 6.48. The Bertz CT molecular complexity index is 298. The lowest BCUT2D eigenvalue weighted by Gasteiger charge is -2.28. The molecule has 0 aliphatic rings. The van der Waals surface area contributed by atoms with Crippen LogP contribution < -0.4 is 5.73 Å². The summed E-state index contributed by atoms with van der Waals surface area (Å²) in [5.74, 6) is 1.23. The molecule has 1 unspecified atom stereocenters. The van der Waals surface area contributed by atoms with Gasteiger partial charge >= 0.3 is 0 Å². The first-order chi connectivity index (χ1) is 8.17. The largest absolute Gasteiger partial charge is 0.330 e. The molecule has 17 heavy (non-hydrogen) atoms. The summed E-state index contributed by atoms with van der Waals surface area (Å²) in [4.78, 5) is 6.50. The first-order valence-electron chi connectivity index (χ1n) is 6.48. The van der Waals surface area contributed by atoms with Crippen LogP contribution in [0.2, 0.25) is 0 Å². The van der Waals surface area contributed by atoms with Crippen LogP contribution in [0.1, 0.15) is 26.3 Å². The van der Waals surface area contributed by atoms with Crippen molar-refractivity contribution in [2.75, 3.05) is 19.6 Å². The molecule has 3 nitrogen and oxygen atoms in total. The summed E-state index contributed by atoms with van der Waals surface area (Å²) < 4.78 is 0. The Morgan fingerprint density at radius 2 is 1.94 bits per heavy atom. The lowest BCUT2D eigenvalue weighted by Crippen LogP contribution is -2.35. The molecule has 1 aromatic heterocycles. The Morgan fingerprint density at radius 3 is 2.41 bits per heavy atom. The highest BCUT2D eigenvalue weighted by Gasteiger charge is 2.15. The highest BCUT2D eigenvalue weighted by molar-refractivity contribution is 5.09. The number of hydrogen-bond donors (Lipinski definition) is 1. The van der Waals surface area contributed by atoms with Crippen LogP contribution >= 0.6 is 0 Å². The van der Waals surface area contributed by atoms with E-state index in [-0.39, 0.29) is 0 Å². The van der Waals surface area contributed by atoms with E-state index in [1.165, 1.54) is 5.56 Å². The van der Waals surface area contributed by atoms with Crippen molar-refractivity contribution in [2.24, 2.45) is 17.6 Å². The first kappa shape index (κ1) is 14.1. The highest BCUT2D eigenvalue weighted by atomic mass is 15.1. The minimum Gasteiger partial charge on any atom is -0.330 e. The average Bonchev–Trinajstić information content (AvgIpc) is 2.35. The summed E-state index contributed by atoms with van der Waals surface area (Å²) >= 11 is 0. The molecule has 1 rings (SSSR count). The number of aromatic nitrogens is 1. The predicted molar refractivity (Wildman–Crippen MR) is 72.6 cm³/mol. The van der Waals surface area contributed by atoms with E-state index in [9.17, 15) is 0 Å². The quantitative estimate of drug-likeness (QED) is 0.787. The minimum absolute atomic E-state index is 0.580. The van der Waals surface area contributed by atoms with Crippen molar-refractivity contribution in [3.8, 4) is 0 Å². The zero-order valence-electron chi connectivity index (χ0n) is 11.3. The molecule has 2 N–H and O–H groups in total. The van der Waals surface area contributed by atoms with E-state index in [0.29, 0.717) is 11.8 Å². The summed E-state index contributed by atoms with van der Waals surface area (Å²) in [7, 11) is 0. The summed E-state index contributed by atoms with van der Waals surface area (Å²) in [6.45, 7) is 10.6. The summed E-state index contributed by atoms with van der Waals surface area (Å²) in [6, 6.07) is 4.16. The van der Waals surface area contributed by atoms with Crippen molar-refractivity contribution < 1.29 is 0 Å². The van der Waals surface area contributed by atoms with Gasteiger partial charge in [-0.2, -0.15) is 0 Å². The molecule has 0 bridgehead atoms. The molecule has 0 aliphatic heterocycles. The van der Waals surface area contributed by atoms with Gasteiger partial charge in [0.2, 0.25) is 0 Å². The Hall–Kier alpha value is -0.930. The number of nitrogens with zero attached hydrogens (tertiary/aromatic N) is 2. The molecule has 0 amide bonds. The van der Waals surface area contributed by atoms with Crippen LogP contribution in [0.25, 0.3) is 0 Å². The number of pyridine rings is 1. The van der Waals surface area contributed by atoms with E-state index in [2.05, 4.69) is 42.8 Å². The van der Waals surface area contributed by atoms with E-state index in [4.69, 9.17) is 5.73 Å². The Morgan fingerprint density at radius 1 is 1.29 bits per heavy atom. The van der Waals surface area contributed by atoms with E-state index in [1.54, 1.807) is 0 Å². The molecule has 0 fully saturated rings. The van der Waals surface area contributed by atoms with E-state index < -0.39 is 0 Å². The van der Waals surface area contributed by atoms with Gasteiger partial charge in [-0.3, -0.25) is 9.88 Å². The van der Waals surface area contributed by atoms with Crippen molar-refractivity contribution in [1.29, 1.82) is 0 Å². The van der Waals surface area contributed by atoms with Crippen LogP contribution in [0.5, 0.6) is 0 Å². The van der Waals surface area contributed by atoms with Crippen molar-refractivity contribution in [1.82, 2.24) is 9.88 Å². The smallest absolute Gasteiger partial charge is 0.0271 e. The van der Waals surface area contributed by atoms with Crippen LogP contribution in [0, 0.1) is 11.8 Å². The fourth-order valence-corrected chi connectivity index (χ4v) is 1.94. The normalized spacial score (nSPS) is 13.3. The summed E-state index contributed by atoms with van der Waals surface area (Å²) in [5, 5.41) is 0. The van der Waals surface area contributed by atoms with Crippen molar-refractivity contribution in [2.45, 2.75) is 27.3 Å². The van der Waals surface area contributed by atoms with Gasteiger partial charge in [-0.15, -0.1) is 0 Å². The number of nitrogens with two attached hydrogens (primary N) is 1. The molecule has 0 saturated heterocycles. The van der Waals surface area contributed by atoms with E-state index in [0.717, 1.165) is 26.2 Å². The van der Waals surface area contributed by atoms with Crippen LogP contribution in [0.4, 0.5) is 0 Å². The highest BCUT2D eigenvalue weighted by Crippen LogP contribution is 2.13. The topological polar surface area (TPSA) is 42.2 Å². The molecule has 3 heteroatoms. The Kier molecular flexibility index (Phi) is 6.16. The van der Waals surface area contributed by atoms with Crippen LogP contribution in [0.15, 0.2) is 24.5 Å². The molecule has 1 heterocycles. The molecule has 96 valence electrons. The van der Waals surface area contributed by atoms with E-state index in [1.807, 2.05) is 12.4 Å². The lowest BCUT2D eigenvalue weighted by molar-refractivity contribution is 0.206. The fraction of sp³-hybridized carbons (Fsp3) is 0.643. The van der Waals surface area contributed by atoms with Gasteiger partial charge < -0.3 is 5.73 Å². The molecule has 0 saturated carbocycles. The molecule has 0 spiro atoms. The molecular weight excluding hydrogens is 210 g/mol. The second-order valence-corrected chi connectivity index (χ2v) is 4.92. The van der Waals surface area contributed by atoms with Gasteiger partial charge in [0, 0.05) is 25.5 Å². The third-order valence-corrected chi connectivity index (χ3v) is 3.34. The summed E-state index contributed by atoms with van der Waals surface area (Å²) in [5.41, 5.74) is 7.15. The molecule has 0 radical (unpaired) electrons. The Balaban J connectivity index is 2.54.